The first-order valence-corrected chi connectivity index (χ1v) is 7.46. The number of nitrogens with one attached hydrogen (secondary N) is 1. The van der Waals surface area contributed by atoms with Crippen molar-refractivity contribution in [3.63, 3.8) is 0 Å². The second-order valence-corrected chi connectivity index (χ2v) is 6.38. The van der Waals surface area contributed by atoms with E-state index in [2.05, 4.69) is 4.98 Å². The summed E-state index contributed by atoms with van der Waals surface area (Å²) in [5.41, 5.74) is 1.25. The lowest BCUT2D eigenvalue weighted by Gasteiger charge is -2.05. The van der Waals surface area contributed by atoms with E-state index in [1.807, 2.05) is 44.2 Å². The maximum absolute atomic E-state index is 12.8. The number of fused-ring (bicyclic) bond motifs is 4. The molecule has 0 bridgehead atoms. The zero-order chi connectivity index (χ0) is 14.7. The van der Waals surface area contributed by atoms with Crippen molar-refractivity contribution in [2.24, 2.45) is 0 Å². The lowest BCUT2D eigenvalue weighted by molar-refractivity contribution is 1.11. The Balaban J connectivity index is 2.42. The number of aromatic nitrogens is 2. The van der Waals surface area contributed by atoms with Crippen LogP contribution < -0.4 is 11.1 Å². The van der Waals surface area contributed by atoms with Gasteiger partial charge in [-0.3, -0.25) is 14.0 Å². The summed E-state index contributed by atoms with van der Waals surface area (Å²) < 4.78 is 1.61. The molecule has 0 spiro atoms. The zero-order valence-corrected chi connectivity index (χ0v) is 12.4. The van der Waals surface area contributed by atoms with Gasteiger partial charge in [0.25, 0.3) is 11.1 Å². The first-order chi connectivity index (χ1) is 10.1. The molecule has 0 radical (unpaired) electrons. The Morgan fingerprint density at radius 3 is 2.71 bits per heavy atom. The Labute approximate surface area is 123 Å². The van der Waals surface area contributed by atoms with Crippen molar-refractivity contribution in [1.82, 2.24) is 9.38 Å². The molecule has 0 saturated carbocycles. The summed E-state index contributed by atoms with van der Waals surface area (Å²) in [4.78, 5) is 29.7. The van der Waals surface area contributed by atoms with Gasteiger partial charge in [-0.1, -0.05) is 18.2 Å². The van der Waals surface area contributed by atoms with Crippen molar-refractivity contribution in [3.05, 3.63) is 61.5 Å². The molecule has 104 valence electrons. The van der Waals surface area contributed by atoms with Crippen LogP contribution in [0.4, 0.5) is 0 Å². The van der Waals surface area contributed by atoms with Gasteiger partial charge in [0.15, 0.2) is 0 Å². The second kappa shape index (κ2) is 4.05. The minimum absolute atomic E-state index is 0.0920. The van der Waals surface area contributed by atoms with Gasteiger partial charge in [0.2, 0.25) is 0 Å². The van der Waals surface area contributed by atoms with E-state index in [4.69, 9.17) is 0 Å². The van der Waals surface area contributed by atoms with Crippen molar-refractivity contribution >= 4 is 38.0 Å². The number of H-pyrrole nitrogens is 1. The predicted molar refractivity (Wildman–Crippen MR) is 86.7 cm³/mol. The van der Waals surface area contributed by atoms with Crippen molar-refractivity contribution in [3.8, 4) is 0 Å². The Hall–Kier alpha value is -2.40. The molecule has 4 aromatic rings. The summed E-state index contributed by atoms with van der Waals surface area (Å²) in [7, 11) is 0. The topological polar surface area (TPSA) is 54.3 Å². The molecule has 21 heavy (non-hydrogen) atoms. The van der Waals surface area contributed by atoms with E-state index in [0.717, 1.165) is 20.7 Å². The first-order valence-electron chi connectivity index (χ1n) is 6.64. The van der Waals surface area contributed by atoms with Crippen molar-refractivity contribution in [1.29, 1.82) is 0 Å². The van der Waals surface area contributed by atoms with Gasteiger partial charge in [0.05, 0.1) is 5.39 Å². The van der Waals surface area contributed by atoms with E-state index >= 15 is 0 Å². The van der Waals surface area contributed by atoms with Gasteiger partial charge in [-0.15, -0.1) is 11.3 Å². The normalized spacial score (nSPS) is 11.7. The molecule has 3 heterocycles. The molecule has 0 aliphatic heterocycles. The van der Waals surface area contributed by atoms with Crippen LogP contribution >= 0.6 is 11.3 Å². The molecule has 0 unspecified atom stereocenters. The highest BCUT2D eigenvalue weighted by Gasteiger charge is 2.15. The largest absolute Gasteiger partial charge is 0.307 e. The molecule has 0 amide bonds. The first kappa shape index (κ1) is 12.3. The van der Waals surface area contributed by atoms with E-state index in [1.165, 1.54) is 11.3 Å². The van der Waals surface area contributed by atoms with E-state index in [9.17, 15) is 9.59 Å². The molecule has 0 aliphatic carbocycles. The summed E-state index contributed by atoms with van der Waals surface area (Å²) in [6.45, 7) is 3.89. The predicted octanol–water partition coefficient (Wildman–Crippen LogP) is 2.97. The number of pyridine rings is 1. The van der Waals surface area contributed by atoms with Crippen LogP contribution in [-0.2, 0) is 0 Å². The summed E-state index contributed by atoms with van der Waals surface area (Å²) in [5, 5.41) is 2.11. The summed E-state index contributed by atoms with van der Waals surface area (Å²) in [6.07, 6.45) is 0. The van der Waals surface area contributed by atoms with Gasteiger partial charge in [-0.2, -0.15) is 0 Å². The third-order valence-electron chi connectivity index (χ3n) is 3.97. The van der Waals surface area contributed by atoms with Crippen LogP contribution in [0.3, 0.4) is 0 Å². The maximum atomic E-state index is 12.8. The van der Waals surface area contributed by atoms with E-state index in [0.29, 0.717) is 16.4 Å². The van der Waals surface area contributed by atoms with Crippen LogP contribution in [0, 0.1) is 13.8 Å². The average molecular weight is 296 g/mol. The van der Waals surface area contributed by atoms with Crippen LogP contribution in [0.5, 0.6) is 0 Å². The number of aryl methyl sites for hydroxylation is 2. The monoisotopic (exact) mass is 296 g/mol. The summed E-state index contributed by atoms with van der Waals surface area (Å²) in [6, 6.07) is 9.28. The summed E-state index contributed by atoms with van der Waals surface area (Å²) in [5.74, 6) is 0. The second-order valence-electron chi connectivity index (χ2n) is 5.17. The highest BCUT2D eigenvalue weighted by molar-refractivity contribution is 7.18. The van der Waals surface area contributed by atoms with Gasteiger partial charge in [0.1, 0.15) is 10.5 Å². The van der Waals surface area contributed by atoms with E-state index in [1.54, 1.807) is 4.40 Å². The van der Waals surface area contributed by atoms with Crippen molar-refractivity contribution in [2.75, 3.05) is 0 Å². The van der Waals surface area contributed by atoms with Crippen LogP contribution in [0.25, 0.3) is 26.6 Å². The number of hydrogen-bond acceptors (Lipinski definition) is 3. The molecule has 1 N–H and O–H groups in total. The molecule has 3 aromatic heterocycles. The molecular weight excluding hydrogens is 284 g/mol. The Bertz CT molecular complexity index is 1150. The summed E-state index contributed by atoms with van der Waals surface area (Å²) >= 11 is 1.49. The fraction of sp³-hybridized carbons (Fsp3) is 0.125. The molecule has 0 atom stereocenters. The Kier molecular flexibility index (Phi) is 2.38. The fourth-order valence-electron chi connectivity index (χ4n) is 2.77. The molecule has 0 fully saturated rings. The van der Waals surface area contributed by atoms with Gasteiger partial charge < -0.3 is 4.98 Å². The quantitative estimate of drug-likeness (QED) is 0.507. The number of rotatable bonds is 0. The van der Waals surface area contributed by atoms with Crippen LogP contribution in [-0.4, -0.2) is 9.38 Å². The van der Waals surface area contributed by atoms with E-state index in [-0.39, 0.29) is 11.1 Å². The van der Waals surface area contributed by atoms with Crippen molar-refractivity contribution < 1.29 is 0 Å². The minimum atomic E-state index is -0.137. The number of hydrogen-bond donors (Lipinski definition) is 1. The van der Waals surface area contributed by atoms with Gasteiger partial charge >= 0.3 is 0 Å². The van der Waals surface area contributed by atoms with Gasteiger partial charge in [-0.25, -0.2) is 0 Å². The minimum Gasteiger partial charge on any atom is -0.307 e. The SMILES string of the molecule is Cc1sc2c(c1C)c(=O)[nH]c1cc3ccccc3c(=O)n12. The molecule has 0 aliphatic rings. The third-order valence-corrected chi connectivity index (χ3v) is 5.16. The van der Waals surface area contributed by atoms with Crippen molar-refractivity contribution in [2.45, 2.75) is 13.8 Å². The highest BCUT2D eigenvalue weighted by atomic mass is 32.1. The smallest absolute Gasteiger partial charge is 0.265 e. The molecule has 1 aromatic carbocycles. The van der Waals surface area contributed by atoms with Crippen LogP contribution in [0.15, 0.2) is 39.9 Å². The van der Waals surface area contributed by atoms with Crippen LogP contribution in [0.2, 0.25) is 0 Å². The molecule has 4 rings (SSSR count). The standard InChI is InChI=1S/C16H12N2O2S/c1-8-9(2)21-16-13(8)14(19)17-12-7-10-5-3-4-6-11(10)15(20)18(12)16/h3-7H,1-2H3,(H,17,19). The lowest BCUT2D eigenvalue weighted by Crippen LogP contribution is -2.19. The van der Waals surface area contributed by atoms with Crippen LogP contribution in [0.1, 0.15) is 10.4 Å². The highest BCUT2D eigenvalue weighted by Crippen LogP contribution is 2.27. The zero-order valence-electron chi connectivity index (χ0n) is 11.6. The number of benzene rings is 1. The molecule has 0 saturated heterocycles. The number of thiophene rings is 1. The lowest BCUT2D eigenvalue weighted by atomic mass is 10.1. The Morgan fingerprint density at radius 1 is 1.14 bits per heavy atom. The van der Waals surface area contributed by atoms with Gasteiger partial charge in [0, 0.05) is 10.3 Å². The fourth-order valence-corrected chi connectivity index (χ4v) is 3.93. The van der Waals surface area contributed by atoms with Gasteiger partial charge in [-0.05, 0) is 36.9 Å². The average Bonchev–Trinajstić information content (AvgIpc) is 2.75. The number of aromatic amines is 1. The molecular formula is C16H12N2O2S. The third kappa shape index (κ3) is 1.55. The number of nitrogens with zero attached hydrogens (tertiary/aromatic N) is 1. The maximum Gasteiger partial charge on any atom is 0.265 e. The van der Waals surface area contributed by atoms with E-state index < -0.39 is 0 Å². The molecule has 4 nitrogen and oxygen atoms in total. The Morgan fingerprint density at radius 2 is 1.90 bits per heavy atom. The molecule has 5 heteroatoms.